The third kappa shape index (κ3) is 6.19. The minimum Gasteiger partial charge on any atom is -0.394 e. The fraction of sp³-hybridized carbons (Fsp3) is 1.00. The average Bonchev–Trinajstić information content (AvgIpc) is 3.05. The van der Waals surface area contributed by atoms with Crippen LogP contribution in [0.4, 0.5) is 0 Å². The van der Waals surface area contributed by atoms with Gasteiger partial charge in [-0.25, -0.2) is 0 Å². The zero-order valence-electron chi connectivity index (χ0n) is 12.1. The maximum atomic E-state index is 10.2. The molecule has 1 fully saturated rings. The van der Waals surface area contributed by atoms with Crippen LogP contribution in [0.5, 0.6) is 0 Å². The van der Waals surface area contributed by atoms with Gasteiger partial charge in [-0.3, -0.25) is 0 Å². The first-order valence-electron chi connectivity index (χ1n) is 7.36. The van der Waals surface area contributed by atoms with Gasteiger partial charge in [0.2, 0.25) is 12.1 Å². The third-order valence-electron chi connectivity index (χ3n) is 3.48. The summed E-state index contributed by atoms with van der Waals surface area (Å²) in [6.45, 7) is 5.42. The number of hydrogen-bond donors (Lipinski definition) is 2. The Balaban J connectivity index is 2.13. The lowest BCUT2D eigenvalue weighted by atomic mass is 9.93. The third-order valence-corrected chi connectivity index (χ3v) is 3.48. The fourth-order valence-electron chi connectivity index (χ4n) is 2.20. The van der Waals surface area contributed by atoms with E-state index in [-0.39, 0.29) is 6.61 Å². The van der Waals surface area contributed by atoms with Crippen molar-refractivity contribution in [2.24, 2.45) is 5.92 Å². The smallest absolute Gasteiger partial charge is 0.221 e. The van der Waals surface area contributed by atoms with Crippen molar-refractivity contribution >= 4 is 0 Å². The molecule has 0 radical (unpaired) electrons. The number of aliphatic hydroxyl groups excluding tert-OH is 1. The summed E-state index contributed by atoms with van der Waals surface area (Å²) in [4.78, 5) is 0. The van der Waals surface area contributed by atoms with Crippen molar-refractivity contribution in [3.05, 3.63) is 0 Å². The second kappa shape index (κ2) is 8.87. The maximum Gasteiger partial charge on any atom is 0.221 e. The van der Waals surface area contributed by atoms with Gasteiger partial charge in [0, 0.05) is 6.42 Å². The number of hydrogen-bond acceptors (Lipinski definition) is 5. The van der Waals surface area contributed by atoms with E-state index in [9.17, 15) is 5.11 Å². The molecule has 1 aliphatic rings. The topological polar surface area (TPSA) is 71.5 Å². The number of unbranched alkanes of at least 4 members (excludes halogenated alkanes) is 1. The van der Waals surface area contributed by atoms with E-state index in [4.69, 9.17) is 19.3 Å². The summed E-state index contributed by atoms with van der Waals surface area (Å²) < 4.78 is 15.7. The van der Waals surface area contributed by atoms with Crippen molar-refractivity contribution < 1.29 is 24.4 Å². The molecule has 5 nitrogen and oxygen atoms in total. The Morgan fingerprint density at radius 2 is 2.05 bits per heavy atom. The van der Waals surface area contributed by atoms with Crippen molar-refractivity contribution in [1.82, 2.24) is 0 Å². The molecule has 0 aromatic rings. The highest BCUT2D eigenvalue weighted by Crippen LogP contribution is 2.41. The van der Waals surface area contributed by atoms with E-state index in [1.165, 1.54) is 12.8 Å². The molecule has 2 N–H and O–H groups in total. The van der Waals surface area contributed by atoms with E-state index in [0.717, 1.165) is 12.8 Å². The van der Waals surface area contributed by atoms with Crippen LogP contribution in [0.3, 0.4) is 0 Å². The quantitative estimate of drug-likeness (QED) is 0.419. The van der Waals surface area contributed by atoms with Crippen LogP contribution < -0.4 is 0 Å². The Labute approximate surface area is 115 Å². The Hall–Kier alpha value is -0.200. The number of aliphatic hydroxyl groups is 2. The van der Waals surface area contributed by atoms with Gasteiger partial charge >= 0.3 is 0 Å². The van der Waals surface area contributed by atoms with Gasteiger partial charge in [0.1, 0.15) is 0 Å². The first-order valence-corrected chi connectivity index (χ1v) is 7.36. The standard InChI is InChI=1S/C14H28O5/c1-3-5-6-12(4-2)11-14(16)13(19-14)18-10-9-17-8-7-15/h12-13,15-16H,3-11H2,1-2H3. The van der Waals surface area contributed by atoms with Crippen LogP contribution in [0.25, 0.3) is 0 Å². The van der Waals surface area contributed by atoms with Gasteiger partial charge < -0.3 is 24.4 Å². The normalized spacial score (nSPS) is 27.5. The summed E-state index contributed by atoms with van der Waals surface area (Å²) in [7, 11) is 0. The van der Waals surface area contributed by atoms with Gasteiger partial charge in [0.15, 0.2) is 0 Å². The Morgan fingerprint density at radius 3 is 2.68 bits per heavy atom. The van der Waals surface area contributed by atoms with E-state index in [1.54, 1.807) is 0 Å². The predicted molar refractivity (Wildman–Crippen MR) is 71.6 cm³/mol. The van der Waals surface area contributed by atoms with Gasteiger partial charge in [0.05, 0.1) is 26.4 Å². The van der Waals surface area contributed by atoms with Crippen molar-refractivity contribution in [2.75, 3.05) is 26.4 Å². The first-order chi connectivity index (χ1) is 9.16. The minimum atomic E-state index is -1.09. The van der Waals surface area contributed by atoms with Crippen LogP contribution in [0.2, 0.25) is 0 Å². The van der Waals surface area contributed by atoms with Gasteiger partial charge in [0.25, 0.3) is 0 Å². The monoisotopic (exact) mass is 276 g/mol. The molecule has 0 bridgehead atoms. The molecule has 0 saturated carbocycles. The van der Waals surface area contributed by atoms with Gasteiger partial charge in [-0.15, -0.1) is 0 Å². The van der Waals surface area contributed by atoms with E-state index >= 15 is 0 Å². The molecule has 3 unspecified atom stereocenters. The van der Waals surface area contributed by atoms with Crippen LogP contribution >= 0.6 is 0 Å². The molecule has 0 aliphatic carbocycles. The van der Waals surface area contributed by atoms with Crippen LogP contribution in [0.15, 0.2) is 0 Å². The molecule has 0 aromatic heterocycles. The van der Waals surface area contributed by atoms with Gasteiger partial charge in [-0.1, -0.05) is 39.5 Å². The molecule has 0 amide bonds. The molecule has 1 heterocycles. The van der Waals surface area contributed by atoms with Crippen molar-refractivity contribution in [3.63, 3.8) is 0 Å². The molecule has 3 atom stereocenters. The van der Waals surface area contributed by atoms with E-state index in [0.29, 0.717) is 32.2 Å². The molecule has 0 aromatic carbocycles. The molecule has 0 spiro atoms. The highest BCUT2D eigenvalue weighted by molar-refractivity contribution is 4.88. The minimum absolute atomic E-state index is 0.0134. The lowest BCUT2D eigenvalue weighted by Crippen LogP contribution is -2.22. The Morgan fingerprint density at radius 1 is 1.26 bits per heavy atom. The highest BCUT2D eigenvalue weighted by Gasteiger charge is 2.57. The van der Waals surface area contributed by atoms with Crippen LogP contribution in [0, 0.1) is 5.92 Å². The van der Waals surface area contributed by atoms with Gasteiger partial charge in [-0.05, 0) is 5.92 Å². The van der Waals surface area contributed by atoms with Crippen molar-refractivity contribution in [1.29, 1.82) is 0 Å². The van der Waals surface area contributed by atoms with Crippen LogP contribution in [-0.4, -0.2) is 48.7 Å². The zero-order valence-corrected chi connectivity index (χ0v) is 12.1. The van der Waals surface area contributed by atoms with Crippen molar-refractivity contribution in [2.45, 2.75) is 58.0 Å². The molecular formula is C14H28O5. The molecule has 1 rings (SSSR count). The first kappa shape index (κ1) is 16.9. The van der Waals surface area contributed by atoms with Crippen LogP contribution in [-0.2, 0) is 14.2 Å². The zero-order chi connectivity index (χ0) is 14.1. The lowest BCUT2D eigenvalue weighted by Gasteiger charge is -2.16. The molecule has 1 saturated heterocycles. The van der Waals surface area contributed by atoms with Gasteiger partial charge in [-0.2, -0.15) is 0 Å². The summed E-state index contributed by atoms with van der Waals surface area (Å²) >= 11 is 0. The largest absolute Gasteiger partial charge is 0.394 e. The summed E-state index contributed by atoms with van der Waals surface area (Å²) in [5, 5.41) is 18.7. The fourth-order valence-corrected chi connectivity index (χ4v) is 2.20. The molecule has 5 heteroatoms. The van der Waals surface area contributed by atoms with E-state index < -0.39 is 12.1 Å². The molecular weight excluding hydrogens is 248 g/mol. The highest BCUT2D eigenvalue weighted by atomic mass is 16.9. The Kier molecular flexibility index (Phi) is 7.87. The SMILES string of the molecule is CCCCC(CC)CC1(O)OC1OCCOCCO. The summed E-state index contributed by atoms with van der Waals surface area (Å²) in [6.07, 6.45) is 4.68. The molecule has 19 heavy (non-hydrogen) atoms. The van der Waals surface area contributed by atoms with Crippen LogP contribution in [0.1, 0.15) is 46.0 Å². The lowest BCUT2D eigenvalue weighted by molar-refractivity contribution is -0.0110. The summed E-state index contributed by atoms with van der Waals surface area (Å²) in [5.74, 6) is -0.602. The van der Waals surface area contributed by atoms with E-state index in [1.807, 2.05) is 0 Å². The maximum absolute atomic E-state index is 10.2. The number of rotatable bonds is 12. The predicted octanol–water partition coefficient (Wildman–Crippen LogP) is 1.66. The van der Waals surface area contributed by atoms with Crippen molar-refractivity contribution in [3.8, 4) is 0 Å². The average molecular weight is 276 g/mol. The second-order valence-electron chi connectivity index (χ2n) is 5.12. The Bertz CT molecular complexity index is 236. The number of ether oxygens (including phenoxy) is 3. The summed E-state index contributed by atoms with van der Waals surface area (Å²) in [6, 6.07) is 0. The second-order valence-corrected chi connectivity index (χ2v) is 5.12. The molecule has 114 valence electrons. The summed E-state index contributed by atoms with van der Waals surface area (Å²) in [5.41, 5.74) is 0. The number of epoxide rings is 1. The molecule has 1 aliphatic heterocycles. The van der Waals surface area contributed by atoms with E-state index in [2.05, 4.69) is 13.8 Å².